The van der Waals surface area contributed by atoms with Gasteiger partial charge in [0, 0.05) is 17.3 Å². The SMILES string of the molecule is O=C(CSc1nnc(Cc2cccs2)n1C1CCCCC1)NCC(F)(F)F. The minimum atomic E-state index is -4.41. The van der Waals surface area contributed by atoms with Crippen molar-refractivity contribution in [3.8, 4) is 0 Å². The summed E-state index contributed by atoms with van der Waals surface area (Å²) in [4.78, 5) is 12.9. The van der Waals surface area contributed by atoms with Gasteiger partial charge in [0.15, 0.2) is 5.16 Å². The van der Waals surface area contributed by atoms with Gasteiger partial charge in [-0.2, -0.15) is 13.2 Å². The Kier molecular flexibility index (Phi) is 6.80. The van der Waals surface area contributed by atoms with Crippen molar-refractivity contribution in [1.29, 1.82) is 0 Å². The van der Waals surface area contributed by atoms with E-state index in [1.807, 2.05) is 22.8 Å². The van der Waals surface area contributed by atoms with Gasteiger partial charge >= 0.3 is 6.18 Å². The van der Waals surface area contributed by atoms with Gasteiger partial charge < -0.3 is 9.88 Å². The number of nitrogens with zero attached hydrogens (tertiary/aromatic N) is 3. The van der Waals surface area contributed by atoms with Crippen LogP contribution in [0, 0.1) is 0 Å². The molecule has 0 unspecified atom stereocenters. The summed E-state index contributed by atoms with van der Waals surface area (Å²) < 4.78 is 38.8. The van der Waals surface area contributed by atoms with Crippen LogP contribution in [0.3, 0.4) is 0 Å². The number of alkyl halides is 3. The molecule has 1 fully saturated rings. The highest BCUT2D eigenvalue weighted by Gasteiger charge is 2.28. The maximum atomic E-state index is 12.2. The lowest BCUT2D eigenvalue weighted by Crippen LogP contribution is -2.34. The van der Waals surface area contributed by atoms with Crippen molar-refractivity contribution in [2.24, 2.45) is 0 Å². The molecule has 2 aromatic heterocycles. The zero-order chi connectivity index (χ0) is 19.3. The summed E-state index contributed by atoms with van der Waals surface area (Å²) in [6.45, 7) is -1.31. The molecule has 0 radical (unpaired) electrons. The van der Waals surface area contributed by atoms with Crippen LogP contribution in [-0.4, -0.2) is 39.1 Å². The van der Waals surface area contributed by atoms with Crippen molar-refractivity contribution in [2.45, 2.75) is 55.9 Å². The third-order valence-corrected chi connectivity index (χ3v) is 6.23. The van der Waals surface area contributed by atoms with E-state index in [0.29, 0.717) is 11.6 Å². The Morgan fingerprint density at radius 3 is 2.74 bits per heavy atom. The van der Waals surface area contributed by atoms with Gasteiger partial charge in [-0.05, 0) is 24.3 Å². The molecule has 5 nitrogen and oxygen atoms in total. The zero-order valence-corrected chi connectivity index (χ0v) is 16.3. The Bertz CT molecular complexity index is 740. The Labute approximate surface area is 163 Å². The number of carbonyl (C=O) groups is 1. The first-order valence-electron chi connectivity index (χ1n) is 8.85. The third kappa shape index (κ3) is 5.97. The van der Waals surface area contributed by atoms with E-state index in [1.165, 1.54) is 11.3 Å². The summed E-state index contributed by atoms with van der Waals surface area (Å²) in [5.41, 5.74) is 0. The number of halogens is 3. The van der Waals surface area contributed by atoms with Gasteiger partial charge in [-0.3, -0.25) is 4.79 Å². The summed E-state index contributed by atoms with van der Waals surface area (Å²) in [5, 5.41) is 13.1. The van der Waals surface area contributed by atoms with E-state index in [9.17, 15) is 18.0 Å². The van der Waals surface area contributed by atoms with Crippen LogP contribution in [0.1, 0.15) is 48.8 Å². The van der Waals surface area contributed by atoms with Gasteiger partial charge in [-0.1, -0.05) is 37.1 Å². The third-order valence-electron chi connectivity index (χ3n) is 4.41. The second kappa shape index (κ2) is 9.09. The summed E-state index contributed by atoms with van der Waals surface area (Å²) >= 11 is 2.80. The molecule has 2 aromatic rings. The molecule has 27 heavy (non-hydrogen) atoms. The largest absolute Gasteiger partial charge is 0.405 e. The van der Waals surface area contributed by atoms with Crippen LogP contribution in [0.2, 0.25) is 0 Å². The van der Waals surface area contributed by atoms with E-state index in [-0.39, 0.29) is 11.8 Å². The van der Waals surface area contributed by atoms with Gasteiger partial charge in [0.1, 0.15) is 12.4 Å². The minimum absolute atomic E-state index is 0.111. The van der Waals surface area contributed by atoms with E-state index in [1.54, 1.807) is 11.3 Å². The average molecular weight is 419 g/mol. The van der Waals surface area contributed by atoms with Crippen LogP contribution in [0.15, 0.2) is 22.7 Å². The zero-order valence-electron chi connectivity index (χ0n) is 14.7. The molecular formula is C17H21F3N4OS2. The van der Waals surface area contributed by atoms with E-state index < -0.39 is 18.6 Å². The second-order valence-electron chi connectivity index (χ2n) is 6.50. The highest BCUT2D eigenvalue weighted by atomic mass is 32.2. The standard InChI is InChI=1S/C17H21F3N4OS2/c18-17(19,20)11-21-15(25)10-27-16-23-22-14(9-13-7-4-8-26-13)24(16)12-5-2-1-3-6-12/h4,7-8,12H,1-3,5-6,9-11H2,(H,21,25). The minimum Gasteiger partial charge on any atom is -0.346 e. The van der Waals surface area contributed by atoms with E-state index in [0.717, 1.165) is 43.3 Å². The highest BCUT2D eigenvalue weighted by molar-refractivity contribution is 7.99. The average Bonchev–Trinajstić information content (AvgIpc) is 3.28. The summed E-state index contributed by atoms with van der Waals surface area (Å²) in [6.07, 6.45) is 1.81. The molecule has 0 atom stereocenters. The molecule has 10 heteroatoms. The highest BCUT2D eigenvalue weighted by Crippen LogP contribution is 2.33. The monoisotopic (exact) mass is 418 g/mol. The van der Waals surface area contributed by atoms with E-state index in [4.69, 9.17) is 0 Å². The quantitative estimate of drug-likeness (QED) is 0.685. The lowest BCUT2D eigenvalue weighted by molar-refractivity contribution is -0.136. The molecule has 1 amide bonds. The molecule has 1 aliphatic rings. The van der Waals surface area contributed by atoms with Crippen LogP contribution in [0.25, 0.3) is 0 Å². The Hall–Kier alpha value is -1.55. The Morgan fingerprint density at radius 1 is 1.30 bits per heavy atom. The number of carbonyl (C=O) groups excluding carboxylic acids is 1. The maximum Gasteiger partial charge on any atom is 0.405 e. The van der Waals surface area contributed by atoms with Crippen molar-refractivity contribution < 1.29 is 18.0 Å². The molecule has 2 heterocycles. The Morgan fingerprint density at radius 2 is 2.07 bits per heavy atom. The predicted molar refractivity (Wildman–Crippen MR) is 99.1 cm³/mol. The number of nitrogens with one attached hydrogen (secondary N) is 1. The molecule has 1 aliphatic carbocycles. The van der Waals surface area contributed by atoms with Gasteiger partial charge in [-0.15, -0.1) is 21.5 Å². The number of hydrogen-bond donors (Lipinski definition) is 1. The maximum absolute atomic E-state index is 12.2. The van der Waals surface area contributed by atoms with E-state index >= 15 is 0 Å². The van der Waals surface area contributed by atoms with Crippen LogP contribution in [0.4, 0.5) is 13.2 Å². The van der Waals surface area contributed by atoms with Gasteiger partial charge in [0.2, 0.25) is 5.91 Å². The van der Waals surface area contributed by atoms with Crippen molar-refractivity contribution in [1.82, 2.24) is 20.1 Å². The number of hydrogen-bond acceptors (Lipinski definition) is 5. The second-order valence-corrected chi connectivity index (χ2v) is 8.47. The van der Waals surface area contributed by atoms with Crippen molar-refractivity contribution >= 4 is 29.0 Å². The molecule has 0 saturated heterocycles. The fourth-order valence-corrected chi connectivity index (χ4v) is 4.74. The molecular weight excluding hydrogens is 397 g/mol. The van der Waals surface area contributed by atoms with Gasteiger partial charge in [0.25, 0.3) is 0 Å². The number of aromatic nitrogens is 3. The van der Waals surface area contributed by atoms with Crippen LogP contribution < -0.4 is 5.32 Å². The lowest BCUT2D eigenvalue weighted by Gasteiger charge is -2.25. The summed E-state index contributed by atoms with van der Waals surface area (Å²) in [7, 11) is 0. The van der Waals surface area contributed by atoms with E-state index in [2.05, 4.69) is 14.8 Å². The first kappa shape index (κ1) is 20.2. The molecule has 1 saturated carbocycles. The number of rotatable bonds is 7. The fraction of sp³-hybridized carbons (Fsp3) is 0.588. The first-order valence-corrected chi connectivity index (χ1v) is 10.7. The van der Waals surface area contributed by atoms with Crippen molar-refractivity contribution in [3.63, 3.8) is 0 Å². The normalized spacial score (nSPS) is 15.8. The lowest BCUT2D eigenvalue weighted by atomic mass is 9.95. The van der Waals surface area contributed by atoms with Crippen molar-refractivity contribution in [2.75, 3.05) is 12.3 Å². The molecule has 0 spiro atoms. The Balaban J connectivity index is 1.70. The molecule has 148 valence electrons. The predicted octanol–water partition coefficient (Wildman–Crippen LogP) is 4.21. The number of thiophene rings is 1. The van der Waals surface area contributed by atoms with Gasteiger partial charge in [0.05, 0.1) is 5.75 Å². The molecule has 1 N–H and O–H groups in total. The number of thioether (sulfide) groups is 1. The summed E-state index contributed by atoms with van der Waals surface area (Å²) in [6, 6.07) is 4.31. The van der Waals surface area contributed by atoms with Crippen LogP contribution >= 0.6 is 23.1 Å². The van der Waals surface area contributed by atoms with Gasteiger partial charge in [-0.25, -0.2) is 0 Å². The topological polar surface area (TPSA) is 59.8 Å². The number of amides is 1. The van der Waals surface area contributed by atoms with Crippen LogP contribution in [0.5, 0.6) is 0 Å². The van der Waals surface area contributed by atoms with Crippen molar-refractivity contribution in [3.05, 3.63) is 28.2 Å². The molecule has 0 aliphatic heterocycles. The smallest absolute Gasteiger partial charge is 0.346 e. The first-order chi connectivity index (χ1) is 12.9. The molecule has 3 rings (SSSR count). The summed E-state index contributed by atoms with van der Waals surface area (Å²) in [5.74, 6) is 0.0813. The molecule has 0 aromatic carbocycles. The fourth-order valence-electron chi connectivity index (χ4n) is 3.18. The molecule has 0 bridgehead atoms. The van der Waals surface area contributed by atoms with Crippen LogP contribution in [-0.2, 0) is 11.2 Å².